The number of carbonyl (C=O) groups excluding carboxylic acids is 1. The van der Waals surface area contributed by atoms with E-state index < -0.39 is 0 Å². The SMILES string of the molecule is Cl.Cl.Nc1ccccc1C(=O)Nc1ccc(N2CCCCC2)nc1. The van der Waals surface area contributed by atoms with Gasteiger partial charge in [0.05, 0.1) is 17.4 Å². The maximum Gasteiger partial charge on any atom is 0.257 e. The smallest absolute Gasteiger partial charge is 0.257 e. The van der Waals surface area contributed by atoms with E-state index in [4.69, 9.17) is 5.73 Å². The van der Waals surface area contributed by atoms with Crippen molar-refractivity contribution in [1.82, 2.24) is 4.98 Å². The number of carbonyl (C=O) groups is 1. The Morgan fingerprint density at radius 1 is 1.04 bits per heavy atom. The summed E-state index contributed by atoms with van der Waals surface area (Å²) in [6.45, 7) is 2.11. The van der Waals surface area contributed by atoms with Gasteiger partial charge in [-0.15, -0.1) is 24.8 Å². The van der Waals surface area contributed by atoms with Gasteiger partial charge in [-0.25, -0.2) is 4.98 Å². The molecule has 0 unspecified atom stereocenters. The molecular formula is C17H22Cl2N4O. The molecule has 3 rings (SSSR count). The molecule has 2 aromatic rings. The number of halogens is 2. The summed E-state index contributed by atoms with van der Waals surface area (Å²) in [5.74, 6) is 0.752. The number of pyridine rings is 1. The maximum absolute atomic E-state index is 12.2. The lowest BCUT2D eigenvalue weighted by atomic mass is 10.1. The number of rotatable bonds is 3. The van der Waals surface area contributed by atoms with Crippen LogP contribution < -0.4 is 16.0 Å². The van der Waals surface area contributed by atoms with Crippen LogP contribution in [0.1, 0.15) is 29.6 Å². The quantitative estimate of drug-likeness (QED) is 0.809. The molecule has 0 spiro atoms. The third-order valence-electron chi connectivity index (χ3n) is 3.89. The molecule has 1 fully saturated rings. The van der Waals surface area contributed by atoms with E-state index in [9.17, 15) is 4.79 Å². The minimum atomic E-state index is -0.217. The van der Waals surface area contributed by atoms with E-state index in [1.807, 2.05) is 12.1 Å². The molecule has 2 heterocycles. The molecule has 1 saturated heterocycles. The molecule has 1 aliphatic heterocycles. The number of nitrogens with zero attached hydrogens (tertiary/aromatic N) is 2. The first kappa shape index (κ1) is 20.1. The highest BCUT2D eigenvalue weighted by atomic mass is 35.5. The van der Waals surface area contributed by atoms with Gasteiger partial charge in [-0.05, 0) is 43.5 Å². The highest BCUT2D eigenvalue weighted by molar-refractivity contribution is 6.07. The van der Waals surface area contributed by atoms with E-state index in [2.05, 4.69) is 15.2 Å². The minimum Gasteiger partial charge on any atom is -0.398 e. The Bertz CT molecular complexity index is 658. The number of para-hydroxylation sites is 1. The van der Waals surface area contributed by atoms with Gasteiger partial charge in [-0.2, -0.15) is 0 Å². The lowest BCUT2D eigenvalue weighted by molar-refractivity contribution is 0.102. The maximum atomic E-state index is 12.2. The van der Waals surface area contributed by atoms with Crippen LogP contribution in [-0.2, 0) is 0 Å². The van der Waals surface area contributed by atoms with Crippen molar-refractivity contribution in [3.05, 3.63) is 48.2 Å². The molecule has 130 valence electrons. The number of hydrogen-bond donors (Lipinski definition) is 2. The fourth-order valence-corrected chi connectivity index (χ4v) is 2.67. The Morgan fingerprint density at radius 2 is 1.75 bits per heavy atom. The molecule has 1 amide bonds. The number of nitrogens with one attached hydrogen (secondary N) is 1. The number of piperidine rings is 1. The van der Waals surface area contributed by atoms with Crippen molar-refractivity contribution < 1.29 is 4.79 Å². The first-order valence-electron chi connectivity index (χ1n) is 7.61. The average Bonchev–Trinajstić information content (AvgIpc) is 2.57. The van der Waals surface area contributed by atoms with Crippen LogP contribution in [0.5, 0.6) is 0 Å². The van der Waals surface area contributed by atoms with Gasteiger partial charge in [0, 0.05) is 18.8 Å². The summed E-state index contributed by atoms with van der Waals surface area (Å²) in [4.78, 5) is 18.9. The standard InChI is InChI=1S/C17H20N4O.2ClH/c18-15-7-3-2-6-14(15)17(22)20-13-8-9-16(19-12-13)21-10-4-1-5-11-21;;/h2-3,6-9,12H,1,4-5,10-11,18H2,(H,20,22);2*1H. The van der Waals surface area contributed by atoms with Crippen molar-refractivity contribution in [3.8, 4) is 0 Å². The Balaban J connectivity index is 0.00000144. The monoisotopic (exact) mass is 368 g/mol. The molecule has 5 nitrogen and oxygen atoms in total. The van der Waals surface area contributed by atoms with Crippen molar-refractivity contribution in [3.63, 3.8) is 0 Å². The fraction of sp³-hybridized carbons (Fsp3) is 0.294. The third-order valence-corrected chi connectivity index (χ3v) is 3.89. The Kier molecular flexibility index (Phi) is 7.82. The third kappa shape index (κ3) is 4.76. The highest BCUT2D eigenvalue weighted by Gasteiger charge is 2.13. The molecular weight excluding hydrogens is 347 g/mol. The van der Waals surface area contributed by atoms with E-state index >= 15 is 0 Å². The van der Waals surface area contributed by atoms with Gasteiger partial charge in [0.25, 0.3) is 5.91 Å². The second-order valence-electron chi connectivity index (χ2n) is 5.49. The molecule has 0 aliphatic carbocycles. The van der Waals surface area contributed by atoms with E-state index in [0.717, 1.165) is 18.9 Å². The lowest BCUT2D eigenvalue weighted by Crippen LogP contribution is -2.30. The van der Waals surface area contributed by atoms with Crippen LogP contribution in [-0.4, -0.2) is 24.0 Å². The van der Waals surface area contributed by atoms with Gasteiger partial charge < -0.3 is 16.0 Å². The van der Waals surface area contributed by atoms with Crippen molar-refractivity contribution in [2.75, 3.05) is 29.0 Å². The summed E-state index contributed by atoms with van der Waals surface area (Å²) >= 11 is 0. The molecule has 1 aromatic heterocycles. The molecule has 3 N–H and O–H groups in total. The molecule has 0 saturated carbocycles. The zero-order valence-electron chi connectivity index (χ0n) is 13.3. The normalized spacial score (nSPS) is 13.4. The Morgan fingerprint density at radius 3 is 2.38 bits per heavy atom. The number of nitrogens with two attached hydrogens (primary N) is 1. The molecule has 0 bridgehead atoms. The predicted molar refractivity (Wildman–Crippen MR) is 104 cm³/mol. The van der Waals surface area contributed by atoms with Gasteiger partial charge in [0.1, 0.15) is 5.82 Å². The summed E-state index contributed by atoms with van der Waals surface area (Å²) in [7, 11) is 0. The molecule has 0 radical (unpaired) electrons. The first-order chi connectivity index (χ1) is 10.7. The number of hydrogen-bond acceptors (Lipinski definition) is 4. The zero-order valence-corrected chi connectivity index (χ0v) is 14.9. The van der Waals surface area contributed by atoms with Crippen LogP contribution in [0.3, 0.4) is 0 Å². The molecule has 1 aromatic carbocycles. The predicted octanol–water partition coefficient (Wildman–Crippen LogP) is 3.75. The lowest BCUT2D eigenvalue weighted by Gasteiger charge is -2.27. The van der Waals surface area contributed by atoms with Crippen molar-refractivity contribution >= 4 is 47.9 Å². The first-order valence-corrected chi connectivity index (χ1v) is 7.61. The number of aromatic nitrogens is 1. The van der Waals surface area contributed by atoms with Crippen molar-refractivity contribution in [1.29, 1.82) is 0 Å². The molecule has 24 heavy (non-hydrogen) atoms. The number of benzene rings is 1. The van der Waals surface area contributed by atoms with Crippen molar-refractivity contribution in [2.45, 2.75) is 19.3 Å². The molecule has 0 atom stereocenters. The van der Waals surface area contributed by atoms with Crippen LogP contribution in [0, 0.1) is 0 Å². The second kappa shape index (κ2) is 9.35. The van der Waals surface area contributed by atoms with Gasteiger partial charge >= 0.3 is 0 Å². The zero-order chi connectivity index (χ0) is 15.4. The van der Waals surface area contributed by atoms with Crippen LogP contribution in [0.25, 0.3) is 0 Å². The summed E-state index contributed by atoms with van der Waals surface area (Å²) in [5.41, 5.74) is 7.43. The van der Waals surface area contributed by atoms with E-state index in [0.29, 0.717) is 16.9 Å². The van der Waals surface area contributed by atoms with Crippen LogP contribution in [0.4, 0.5) is 17.2 Å². The molecule has 1 aliphatic rings. The topological polar surface area (TPSA) is 71.2 Å². The van der Waals surface area contributed by atoms with E-state index in [1.165, 1.54) is 19.3 Å². The van der Waals surface area contributed by atoms with Crippen molar-refractivity contribution in [2.24, 2.45) is 0 Å². The Labute approximate surface area is 154 Å². The van der Waals surface area contributed by atoms with E-state index in [-0.39, 0.29) is 30.7 Å². The fourth-order valence-electron chi connectivity index (χ4n) is 2.67. The second-order valence-corrected chi connectivity index (χ2v) is 5.49. The summed E-state index contributed by atoms with van der Waals surface area (Å²) in [5, 5.41) is 2.83. The van der Waals surface area contributed by atoms with Gasteiger partial charge in [-0.1, -0.05) is 12.1 Å². The van der Waals surface area contributed by atoms with Crippen LogP contribution in [0.15, 0.2) is 42.6 Å². The average molecular weight is 369 g/mol. The summed E-state index contributed by atoms with van der Waals surface area (Å²) in [6.07, 6.45) is 5.42. The van der Waals surface area contributed by atoms with Crippen LogP contribution >= 0.6 is 24.8 Å². The number of amides is 1. The number of anilines is 3. The molecule has 7 heteroatoms. The summed E-state index contributed by atoms with van der Waals surface area (Å²) < 4.78 is 0. The Hall–Kier alpha value is -1.98. The van der Waals surface area contributed by atoms with Gasteiger partial charge in [-0.3, -0.25) is 4.79 Å². The van der Waals surface area contributed by atoms with Crippen LogP contribution in [0.2, 0.25) is 0 Å². The number of nitrogen functional groups attached to an aromatic ring is 1. The van der Waals surface area contributed by atoms with Gasteiger partial charge in [0.2, 0.25) is 0 Å². The largest absolute Gasteiger partial charge is 0.398 e. The van der Waals surface area contributed by atoms with E-state index in [1.54, 1.807) is 30.5 Å². The van der Waals surface area contributed by atoms with Gasteiger partial charge in [0.15, 0.2) is 0 Å². The highest BCUT2D eigenvalue weighted by Crippen LogP contribution is 2.20. The minimum absolute atomic E-state index is 0. The summed E-state index contributed by atoms with van der Waals surface area (Å²) in [6, 6.07) is 10.9.